The van der Waals surface area contributed by atoms with Crippen LogP contribution in [0.2, 0.25) is 0 Å². The molecule has 0 radical (unpaired) electrons. The Bertz CT molecular complexity index is 737. The topological polar surface area (TPSA) is 32.7 Å². The number of benzene rings is 2. The highest BCUT2D eigenvalue weighted by atomic mass is 16.5. The van der Waals surface area contributed by atoms with Crippen LogP contribution in [0.15, 0.2) is 36.4 Å². The van der Waals surface area contributed by atoms with Crippen LogP contribution in [0.4, 0.5) is 0 Å². The van der Waals surface area contributed by atoms with E-state index >= 15 is 0 Å². The molecule has 2 aromatic rings. The Morgan fingerprint density at radius 3 is 2.67 bits per heavy atom. The largest absolute Gasteiger partial charge is 0.504 e. The Morgan fingerprint density at radius 1 is 1.17 bits per heavy atom. The molecule has 0 bridgehead atoms. The molecule has 0 unspecified atom stereocenters. The lowest BCUT2D eigenvalue weighted by Crippen LogP contribution is -2.40. The molecule has 1 N–H and O–H groups in total. The molecule has 0 saturated carbocycles. The zero-order valence-corrected chi connectivity index (χ0v) is 15.1. The Morgan fingerprint density at radius 2 is 1.96 bits per heavy atom. The number of rotatable bonds is 5. The van der Waals surface area contributed by atoms with Gasteiger partial charge >= 0.3 is 0 Å². The van der Waals surface area contributed by atoms with E-state index < -0.39 is 0 Å². The van der Waals surface area contributed by atoms with Crippen molar-refractivity contribution >= 4 is 0 Å². The van der Waals surface area contributed by atoms with Gasteiger partial charge in [0, 0.05) is 18.6 Å². The van der Waals surface area contributed by atoms with Crippen molar-refractivity contribution in [2.45, 2.75) is 52.2 Å². The third-order valence-corrected chi connectivity index (χ3v) is 5.34. The fourth-order valence-electron chi connectivity index (χ4n) is 3.50. The summed E-state index contributed by atoms with van der Waals surface area (Å²) in [4.78, 5) is 2.57. The van der Waals surface area contributed by atoms with Gasteiger partial charge in [-0.25, -0.2) is 0 Å². The molecule has 2 aromatic carbocycles. The van der Waals surface area contributed by atoms with Gasteiger partial charge in [0.25, 0.3) is 0 Å². The fraction of sp³-hybridized carbons (Fsp3) is 0.429. The summed E-state index contributed by atoms with van der Waals surface area (Å²) < 4.78 is 5.21. The van der Waals surface area contributed by atoms with E-state index in [1.54, 1.807) is 13.2 Å². The van der Waals surface area contributed by atoms with E-state index in [4.69, 9.17) is 4.74 Å². The molecule has 24 heavy (non-hydrogen) atoms. The average Bonchev–Trinajstić information content (AvgIpc) is 3.01. The molecule has 3 heteroatoms. The lowest BCUT2D eigenvalue weighted by Gasteiger charge is -2.35. The fourth-order valence-corrected chi connectivity index (χ4v) is 3.50. The first-order valence-electron chi connectivity index (χ1n) is 8.59. The maximum atomic E-state index is 9.73. The van der Waals surface area contributed by atoms with Crippen LogP contribution in [-0.2, 0) is 19.5 Å². The zero-order valence-electron chi connectivity index (χ0n) is 15.1. The molecule has 0 saturated heterocycles. The molecule has 0 aliphatic carbocycles. The monoisotopic (exact) mass is 325 g/mol. The molecule has 0 atom stereocenters. The van der Waals surface area contributed by atoms with Crippen LogP contribution in [0, 0.1) is 6.92 Å². The first-order valence-corrected chi connectivity index (χ1v) is 8.59. The summed E-state index contributed by atoms with van der Waals surface area (Å²) in [6.07, 6.45) is 2.03. The van der Waals surface area contributed by atoms with Crippen LogP contribution in [0.1, 0.15) is 42.5 Å². The Balaban J connectivity index is 1.68. The Labute approximate surface area is 144 Å². The van der Waals surface area contributed by atoms with E-state index in [0.717, 1.165) is 25.9 Å². The number of phenolic OH excluding ortho intramolecular Hbond substituents is 1. The molecular formula is C21H27NO2. The van der Waals surface area contributed by atoms with Crippen molar-refractivity contribution in [1.29, 1.82) is 0 Å². The number of nitrogens with zero attached hydrogens (tertiary/aromatic N) is 1. The minimum absolute atomic E-state index is 0.122. The number of aryl methyl sites for hydroxylation is 2. The minimum Gasteiger partial charge on any atom is -0.504 e. The standard InChI is InChI=1S/C21H27NO2/c1-15-6-5-7-17-13-22(14-18(15)17)21(2,3)11-10-16-8-9-19(23)20(12-16)24-4/h5-9,12,23H,10-11,13-14H2,1-4H3. The van der Waals surface area contributed by atoms with Gasteiger partial charge in [-0.1, -0.05) is 24.3 Å². The molecular weight excluding hydrogens is 298 g/mol. The second kappa shape index (κ2) is 6.48. The highest BCUT2D eigenvalue weighted by Gasteiger charge is 2.32. The summed E-state index contributed by atoms with van der Waals surface area (Å²) in [5.41, 5.74) is 5.68. The van der Waals surface area contributed by atoms with Crippen molar-refractivity contribution in [1.82, 2.24) is 4.90 Å². The lowest BCUT2D eigenvalue weighted by atomic mass is 9.93. The smallest absolute Gasteiger partial charge is 0.160 e. The number of methoxy groups -OCH3 is 1. The molecule has 3 nitrogen and oxygen atoms in total. The number of hydrogen-bond donors (Lipinski definition) is 1. The first kappa shape index (κ1) is 16.8. The zero-order chi connectivity index (χ0) is 17.3. The molecule has 0 fully saturated rings. The number of fused-ring (bicyclic) bond motifs is 1. The van der Waals surface area contributed by atoms with Crippen molar-refractivity contribution in [3.63, 3.8) is 0 Å². The highest BCUT2D eigenvalue weighted by Crippen LogP contribution is 2.34. The van der Waals surface area contributed by atoms with E-state index in [9.17, 15) is 5.11 Å². The Hall–Kier alpha value is -2.00. The average molecular weight is 325 g/mol. The van der Waals surface area contributed by atoms with Gasteiger partial charge in [-0.3, -0.25) is 4.90 Å². The van der Waals surface area contributed by atoms with Gasteiger partial charge in [0.05, 0.1) is 7.11 Å². The summed E-state index contributed by atoms with van der Waals surface area (Å²) in [7, 11) is 1.59. The van der Waals surface area contributed by atoms with Crippen LogP contribution in [0.3, 0.4) is 0 Å². The van der Waals surface area contributed by atoms with Gasteiger partial charge in [-0.15, -0.1) is 0 Å². The molecule has 1 heterocycles. The SMILES string of the molecule is COc1cc(CCC(C)(C)N2Cc3cccc(C)c3C2)ccc1O. The number of phenols is 1. The van der Waals surface area contributed by atoms with Crippen LogP contribution in [0.5, 0.6) is 11.5 Å². The van der Waals surface area contributed by atoms with E-state index in [1.807, 2.05) is 12.1 Å². The maximum Gasteiger partial charge on any atom is 0.160 e. The summed E-state index contributed by atoms with van der Waals surface area (Å²) in [5, 5.41) is 9.73. The number of aromatic hydroxyl groups is 1. The second-order valence-corrected chi connectivity index (χ2v) is 7.39. The predicted molar refractivity (Wildman–Crippen MR) is 97.5 cm³/mol. The summed E-state index contributed by atoms with van der Waals surface area (Å²) >= 11 is 0. The Kier molecular flexibility index (Phi) is 4.55. The molecule has 0 aromatic heterocycles. The highest BCUT2D eigenvalue weighted by molar-refractivity contribution is 5.42. The van der Waals surface area contributed by atoms with Gasteiger partial charge < -0.3 is 9.84 Å². The van der Waals surface area contributed by atoms with Crippen molar-refractivity contribution < 1.29 is 9.84 Å². The van der Waals surface area contributed by atoms with E-state index in [1.165, 1.54) is 22.3 Å². The van der Waals surface area contributed by atoms with Crippen molar-refractivity contribution in [2.24, 2.45) is 0 Å². The normalized spacial score (nSPS) is 14.7. The molecule has 1 aliphatic rings. The van der Waals surface area contributed by atoms with Gasteiger partial charge in [0.15, 0.2) is 11.5 Å². The van der Waals surface area contributed by atoms with Crippen molar-refractivity contribution in [2.75, 3.05) is 7.11 Å². The van der Waals surface area contributed by atoms with Crippen LogP contribution in [0.25, 0.3) is 0 Å². The second-order valence-electron chi connectivity index (χ2n) is 7.39. The summed E-state index contributed by atoms with van der Waals surface area (Å²) in [5.74, 6) is 0.750. The molecule has 0 amide bonds. The molecule has 1 aliphatic heterocycles. The van der Waals surface area contributed by atoms with Crippen LogP contribution >= 0.6 is 0 Å². The van der Waals surface area contributed by atoms with E-state index in [0.29, 0.717) is 5.75 Å². The number of hydrogen-bond acceptors (Lipinski definition) is 3. The van der Waals surface area contributed by atoms with Crippen molar-refractivity contribution in [3.8, 4) is 11.5 Å². The van der Waals surface area contributed by atoms with Gasteiger partial charge in [0.2, 0.25) is 0 Å². The third-order valence-electron chi connectivity index (χ3n) is 5.34. The third kappa shape index (κ3) is 3.27. The van der Waals surface area contributed by atoms with Gasteiger partial charge in [0.1, 0.15) is 0 Å². The minimum atomic E-state index is 0.122. The van der Waals surface area contributed by atoms with Gasteiger partial charge in [-0.2, -0.15) is 0 Å². The molecule has 3 rings (SSSR count). The molecule has 0 spiro atoms. The number of ether oxygens (including phenoxy) is 1. The summed E-state index contributed by atoms with van der Waals surface area (Å²) in [6.45, 7) is 8.92. The van der Waals surface area contributed by atoms with E-state index in [-0.39, 0.29) is 11.3 Å². The first-order chi connectivity index (χ1) is 11.4. The van der Waals surface area contributed by atoms with Crippen LogP contribution < -0.4 is 4.74 Å². The predicted octanol–water partition coefficient (Wildman–Crippen LogP) is 4.44. The summed E-state index contributed by atoms with van der Waals surface area (Å²) in [6, 6.07) is 12.3. The van der Waals surface area contributed by atoms with Gasteiger partial charge in [-0.05, 0) is 68.0 Å². The maximum absolute atomic E-state index is 9.73. The van der Waals surface area contributed by atoms with E-state index in [2.05, 4.69) is 43.9 Å². The van der Waals surface area contributed by atoms with Crippen molar-refractivity contribution in [3.05, 3.63) is 58.7 Å². The lowest BCUT2D eigenvalue weighted by molar-refractivity contribution is 0.109. The quantitative estimate of drug-likeness (QED) is 0.882. The molecule has 128 valence electrons. The van der Waals surface area contributed by atoms with Crippen LogP contribution in [-0.4, -0.2) is 22.7 Å².